The van der Waals surface area contributed by atoms with E-state index in [-0.39, 0.29) is 0 Å². The van der Waals surface area contributed by atoms with Crippen molar-refractivity contribution >= 4 is 0 Å². The maximum absolute atomic E-state index is 5.99. The molecule has 0 aliphatic carbocycles. The Morgan fingerprint density at radius 1 is 1.22 bits per heavy atom. The van der Waals surface area contributed by atoms with E-state index in [0.717, 1.165) is 24.8 Å². The first kappa shape index (κ1) is 13.6. The highest BCUT2D eigenvalue weighted by Gasteiger charge is 2.27. The van der Waals surface area contributed by atoms with Gasteiger partial charge < -0.3 is 5.73 Å². The van der Waals surface area contributed by atoms with Gasteiger partial charge in [0.15, 0.2) is 0 Å². The van der Waals surface area contributed by atoms with Gasteiger partial charge in [-0.3, -0.25) is 4.90 Å². The van der Waals surface area contributed by atoms with Gasteiger partial charge in [0.25, 0.3) is 0 Å². The molecule has 3 atom stereocenters. The van der Waals surface area contributed by atoms with Gasteiger partial charge in [0.05, 0.1) is 0 Å². The predicted molar refractivity (Wildman–Crippen MR) is 77.5 cm³/mol. The molecule has 0 spiro atoms. The minimum atomic E-state index is 0.502. The summed E-state index contributed by atoms with van der Waals surface area (Å²) in [5.74, 6) is 1.65. The first-order valence-electron chi connectivity index (χ1n) is 7.18. The molecule has 2 rings (SSSR count). The van der Waals surface area contributed by atoms with E-state index < -0.39 is 0 Å². The molecule has 0 saturated carbocycles. The number of benzene rings is 1. The molecule has 0 radical (unpaired) electrons. The minimum absolute atomic E-state index is 0.502. The molecule has 1 aliphatic heterocycles. The van der Waals surface area contributed by atoms with E-state index >= 15 is 0 Å². The summed E-state index contributed by atoms with van der Waals surface area (Å²) in [5, 5.41) is 0. The molecular weight excluding hydrogens is 220 g/mol. The predicted octanol–water partition coefficient (Wildman–Crippen LogP) is 2.53. The van der Waals surface area contributed by atoms with Crippen LogP contribution in [0, 0.1) is 11.8 Å². The summed E-state index contributed by atoms with van der Waals surface area (Å²) in [7, 11) is 0. The summed E-state index contributed by atoms with van der Waals surface area (Å²) in [5.41, 5.74) is 7.39. The van der Waals surface area contributed by atoms with E-state index in [1.54, 1.807) is 0 Å². The highest BCUT2D eigenvalue weighted by Crippen LogP contribution is 2.24. The van der Waals surface area contributed by atoms with Crippen molar-refractivity contribution < 1.29 is 0 Å². The van der Waals surface area contributed by atoms with Gasteiger partial charge in [-0.1, -0.05) is 44.2 Å². The zero-order valence-corrected chi connectivity index (χ0v) is 11.7. The maximum atomic E-state index is 5.99. The largest absolute Gasteiger partial charge is 0.329 e. The van der Waals surface area contributed by atoms with E-state index in [1.165, 1.54) is 25.1 Å². The second-order valence-electron chi connectivity index (χ2n) is 5.82. The van der Waals surface area contributed by atoms with Crippen molar-refractivity contribution in [1.29, 1.82) is 0 Å². The van der Waals surface area contributed by atoms with E-state index in [1.807, 2.05) is 0 Å². The number of hydrogen-bond donors (Lipinski definition) is 1. The van der Waals surface area contributed by atoms with Crippen LogP contribution in [0.1, 0.15) is 25.8 Å². The number of nitrogens with zero attached hydrogens (tertiary/aromatic N) is 1. The summed E-state index contributed by atoms with van der Waals surface area (Å²) < 4.78 is 0. The van der Waals surface area contributed by atoms with E-state index in [4.69, 9.17) is 5.73 Å². The molecule has 3 unspecified atom stereocenters. The molecule has 0 amide bonds. The van der Waals surface area contributed by atoms with Crippen LogP contribution in [-0.4, -0.2) is 30.6 Å². The normalized spacial score (nSPS) is 27.1. The average Bonchev–Trinajstić information content (AvgIpc) is 2.40. The van der Waals surface area contributed by atoms with Crippen molar-refractivity contribution in [2.24, 2.45) is 17.6 Å². The molecule has 100 valence electrons. The first-order valence-corrected chi connectivity index (χ1v) is 7.18. The Morgan fingerprint density at radius 3 is 2.56 bits per heavy atom. The third-order valence-corrected chi connectivity index (χ3v) is 4.47. The Labute approximate surface area is 111 Å². The van der Waals surface area contributed by atoms with Gasteiger partial charge >= 0.3 is 0 Å². The van der Waals surface area contributed by atoms with Crippen molar-refractivity contribution in [3.8, 4) is 0 Å². The monoisotopic (exact) mass is 246 g/mol. The zero-order valence-electron chi connectivity index (χ0n) is 11.7. The number of likely N-dealkylation sites (tertiary alicyclic amines) is 1. The molecule has 2 heteroatoms. The Morgan fingerprint density at radius 2 is 1.94 bits per heavy atom. The second kappa shape index (κ2) is 6.35. The number of piperidine rings is 1. The minimum Gasteiger partial charge on any atom is -0.329 e. The van der Waals surface area contributed by atoms with Gasteiger partial charge in [-0.05, 0) is 36.8 Å². The Hall–Kier alpha value is -0.860. The van der Waals surface area contributed by atoms with Crippen molar-refractivity contribution in [3.05, 3.63) is 35.9 Å². The molecule has 0 aromatic heterocycles. The van der Waals surface area contributed by atoms with Gasteiger partial charge in [0, 0.05) is 19.1 Å². The molecule has 18 heavy (non-hydrogen) atoms. The number of hydrogen-bond acceptors (Lipinski definition) is 2. The molecular formula is C16H26N2. The van der Waals surface area contributed by atoms with Gasteiger partial charge in [-0.15, -0.1) is 0 Å². The quantitative estimate of drug-likeness (QED) is 0.884. The summed E-state index contributed by atoms with van der Waals surface area (Å²) in [4.78, 5) is 2.59. The highest BCUT2D eigenvalue weighted by atomic mass is 15.2. The fourth-order valence-corrected chi connectivity index (χ4v) is 2.87. The second-order valence-corrected chi connectivity index (χ2v) is 5.82. The van der Waals surface area contributed by atoms with Gasteiger partial charge in [0.1, 0.15) is 0 Å². The average molecular weight is 246 g/mol. The summed E-state index contributed by atoms with van der Waals surface area (Å²) in [6.45, 7) is 7.91. The van der Waals surface area contributed by atoms with Gasteiger partial charge in [-0.25, -0.2) is 0 Å². The number of nitrogens with two attached hydrogens (primary N) is 1. The summed E-state index contributed by atoms with van der Waals surface area (Å²) >= 11 is 0. The lowest BCUT2D eigenvalue weighted by Gasteiger charge is -2.40. The third kappa shape index (κ3) is 3.33. The van der Waals surface area contributed by atoms with Crippen molar-refractivity contribution in [2.75, 3.05) is 19.6 Å². The van der Waals surface area contributed by atoms with Crippen LogP contribution in [0.5, 0.6) is 0 Å². The lowest BCUT2D eigenvalue weighted by Crippen LogP contribution is -2.48. The fraction of sp³-hybridized carbons (Fsp3) is 0.625. The topological polar surface area (TPSA) is 29.3 Å². The van der Waals surface area contributed by atoms with Crippen LogP contribution < -0.4 is 5.73 Å². The van der Waals surface area contributed by atoms with E-state index in [2.05, 4.69) is 49.1 Å². The summed E-state index contributed by atoms with van der Waals surface area (Å²) in [6.07, 6.45) is 2.39. The Balaban J connectivity index is 1.97. The van der Waals surface area contributed by atoms with Crippen LogP contribution in [0.2, 0.25) is 0 Å². The standard InChI is InChI=1S/C16H26N2/c1-13-8-9-18(12-14(13)2)16(11-17)10-15-6-4-3-5-7-15/h3-7,13-14,16H,8-12,17H2,1-2H3. The first-order chi connectivity index (χ1) is 8.70. The molecule has 0 bridgehead atoms. The number of rotatable bonds is 4. The van der Waals surface area contributed by atoms with Crippen LogP contribution in [0.4, 0.5) is 0 Å². The molecule has 1 aliphatic rings. The summed E-state index contributed by atoms with van der Waals surface area (Å²) in [6, 6.07) is 11.2. The van der Waals surface area contributed by atoms with Crippen molar-refractivity contribution in [1.82, 2.24) is 4.90 Å². The van der Waals surface area contributed by atoms with E-state index in [0.29, 0.717) is 6.04 Å². The lowest BCUT2D eigenvalue weighted by molar-refractivity contribution is 0.0982. The molecule has 2 nitrogen and oxygen atoms in total. The van der Waals surface area contributed by atoms with Crippen LogP contribution in [0.3, 0.4) is 0 Å². The molecule has 1 fully saturated rings. The van der Waals surface area contributed by atoms with E-state index in [9.17, 15) is 0 Å². The smallest absolute Gasteiger partial charge is 0.0258 e. The third-order valence-electron chi connectivity index (χ3n) is 4.47. The zero-order chi connectivity index (χ0) is 13.0. The molecule has 2 N–H and O–H groups in total. The van der Waals surface area contributed by atoms with Gasteiger partial charge in [0.2, 0.25) is 0 Å². The highest BCUT2D eigenvalue weighted by molar-refractivity contribution is 5.16. The molecule has 1 saturated heterocycles. The van der Waals surface area contributed by atoms with Crippen LogP contribution in [0.15, 0.2) is 30.3 Å². The lowest BCUT2D eigenvalue weighted by atomic mass is 9.87. The van der Waals surface area contributed by atoms with Crippen LogP contribution in [-0.2, 0) is 6.42 Å². The van der Waals surface area contributed by atoms with Gasteiger partial charge in [-0.2, -0.15) is 0 Å². The van der Waals surface area contributed by atoms with Crippen molar-refractivity contribution in [3.63, 3.8) is 0 Å². The van der Waals surface area contributed by atoms with Crippen LogP contribution in [0.25, 0.3) is 0 Å². The SMILES string of the molecule is CC1CCN(C(CN)Cc2ccccc2)CC1C. The maximum Gasteiger partial charge on any atom is 0.0258 e. The fourth-order valence-electron chi connectivity index (χ4n) is 2.87. The Kier molecular flexibility index (Phi) is 4.79. The Bertz CT molecular complexity index is 349. The molecule has 1 aromatic rings. The molecule has 1 aromatic carbocycles. The molecule has 1 heterocycles. The van der Waals surface area contributed by atoms with Crippen molar-refractivity contribution in [2.45, 2.75) is 32.7 Å². The van der Waals surface area contributed by atoms with Crippen LogP contribution >= 0.6 is 0 Å².